The van der Waals surface area contributed by atoms with E-state index in [2.05, 4.69) is 15.2 Å². The molecular weight excluding hydrogens is 256 g/mol. The Morgan fingerprint density at radius 2 is 2.16 bits per heavy atom. The van der Waals surface area contributed by atoms with Crippen LogP contribution in [-0.2, 0) is 7.05 Å². The van der Waals surface area contributed by atoms with Gasteiger partial charge in [0.05, 0.1) is 17.4 Å². The Hall–Kier alpha value is -2.44. The van der Waals surface area contributed by atoms with Crippen molar-refractivity contribution in [1.29, 1.82) is 0 Å². The van der Waals surface area contributed by atoms with Gasteiger partial charge in [0.1, 0.15) is 5.75 Å². The minimum Gasteiger partial charge on any atom is -0.433 e. The summed E-state index contributed by atoms with van der Waals surface area (Å²) in [6.07, 6.45) is 2.90. The number of anilines is 1. The molecule has 0 atom stereocenters. The van der Waals surface area contributed by atoms with Gasteiger partial charge in [-0.1, -0.05) is 12.1 Å². The highest BCUT2D eigenvalue weighted by atomic mass is 19.3. The van der Waals surface area contributed by atoms with E-state index in [1.165, 1.54) is 35.3 Å². The van der Waals surface area contributed by atoms with E-state index < -0.39 is 12.5 Å². The van der Waals surface area contributed by atoms with Crippen molar-refractivity contribution in [2.24, 2.45) is 7.05 Å². The lowest BCUT2D eigenvalue weighted by molar-refractivity contribution is -0.0493. The molecule has 0 aliphatic rings. The molecule has 5 nitrogen and oxygen atoms in total. The second kappa shape index (κ2) is 5.47. The van der Waals surface area contributed by atoms with Crippen LogP contribution in [0.2, 0.25) is 0 Å². The minimum atomic E-state index is -2.95. The molecule has 100 valence electrons. The zero-order valence-corrected chi connectivity index (χ0v) is 10.0. The van der Waals surface area contributed by atoms with Gasteiger partial charge in [0, 0.05) is 13.2 Å². The molecule has 1 N–H and O–H groups in total. The second-order valence-corrected chi connectivity index (χ2v) is 3.73. The van der Waals surface area contributed by atoms with Gasteiger partial charge in [0.2, 0.25) is 0 Å². The molecule has 0 fully saturated rings. The van der Waals surface area contributed by atoms with Crippen LogP contribution in [0.1, 0.15) is 10.4 Å². The Bertz CT molecular complexity index is 584. The average Bonchev–Trinajstić information content (AvgIpc) is 2.78. The van der Waals surface area contributed by atoms with Crippen molar-refractivity contribution in [3.63, 3.8) is 0 Å². The Balaban J connectivity index is 2.16. The van der Waals surface area contributed by atoms with Crippen molar-refractivity contribution in [3.8, 4) is 5.75 Å². The van der Waals surface area contributed by atoms with Gasteiger partial charge in [-0.25, -0.2) is 0 Å². The predicted molar refractivity (Wildman–Crippen MR) is 64.2 cm³/mol. The molecule has 1 amide bonds. The fraction of sp³-hybridized carbons (Fsp3) is 0.167. The van der Waals surface area contributed by atoms with Crippen molar-refractivity contribution in [1.82, 2.24) is 9.78 Å². The third-order valence-electron chi connectivity index (χ3n) is 2.32. The van der Waals surface area contributed by atoms with Crippen LogP contribution in [0.4, 0.5) is 14.5 Å². The standard InChI is InChI=1S/C12H11F2N3O2/c1-17-7-8(6-15-17)11(18)16-9-4-2-3-5-10(9)19-12(13)14/h2-7,12H,1H3,(H,16,18). The van der Waals surface area contributed by atoms with Gasteiger partial charge in [-0.05, 0) is 12.1 Å². The summed E-state index contributed by atoms with van der Waals surface area (Å²) in [4.78, 5) is 11.9. The van der Waals surface area contributed by atoms with Gasteiger partial charge >= 0.3 is 6.61 Å². The van der Waals surface area contributed by atoms with Crippen molar-refractivity contribution >= 4 is 11.6 Å². The van der Waals surface area contributed by atoms with Crippen molar-refractivity contribution < 1.29 is 18.3 Å². The van der Waals surface area contributed by atoms with Crippen molar-refractivity contribution in [2.75, 3.05) is 5.32 Å². The lowest BCUT2D eigenvalue weighted by atomic mass is 10.2. The van der Waals surface area contributed by atoms with E-state index in [0.717, 1.165) is 0 Å². The molecule has 0 spiro atoms. The lowest BCUT2D eigenvalue weighted by Crippen LogP contribution is -2.13. The van der Waals surface area contributed by atoms with E-state index in [-0.39, 0.29) is 11.4 Å². The first-order chi connectivity index (χ1) is 9.06. The third kappa shape index (κ3) is 3.27. The highest BCUT2D eigenvalue weighted by molar-refractivity contribution is 6.04. The Kier molecular flexibility index (Phi) is 3.74. The van der Waals surface area contributed by atoms with Crippen molar-refractivity contribution in [3.05, 3.63) is 42.2 Å². The minimum absolute atomic E-state index is 0.0882. The zero-order valence-electron chi connectivity index (χ0n) is 10.0. The molecule has 0 aliphatic carbocycles. The van der Waals surface area contributed by atoms with Gasteiger partial charge in [-0.15, -0.1) is 0 Å². The maximum atomic E-state index is 12.2. The maximum Gasteiger partial charge on any atom is 0.387 e. The third-order valence-corrected chi connectivity index (χ3v) is 2.32. The smallest absolute Gasteiger partial charge is 0.387 e. The quantitative estimate of drug-likeness (QED) is 0.924. The molecular formula is C12H11F2N3O2. The van der Waals surface area contributed by atoms with Gasteiger partial charge < -0.3 is 10.1 Å². The fourth-order valence-corrected chi connectivity index (χ4v) is 1.50. The number of aryl methyl sites for hydroxylation is 1. The summed E-state index contributed by atoms with van der Waals surface area (Å²) < 4.78 is 30.2. The van der Waals surface area contributed by atoms with E-state index in [1.54, 1.807) is 13.1 Å². The van der Waals surface area contributed by atoms with Crippen LogP contribution < -0.4 is 10.1 Å². The average molecular weight is 267 g/mol. The predicted octanol–water partition coefficient (Wildman–Crippen LogP) is 2.27. The summed E-state index contributed by atoms with van der Waals surface area (Å²) in [7, 11) is 1.67. The zero-order chi connectivity index (χ0) is 13.8. The Labute approximate surface area is 107 Å². The Morgan fingerprint density at radius 1 is 1.42 bits per heavy atom. The summed E-state index contributed by atoms with van der Waals surface area (Å²) in [6, 6.07) is 5.98. The molecule has 0 unspecified atom stereocenters. The molecule has 0 radical (unpaired) electrons. The van der Waals surface area contributed by atoms with Gasteiger partial charge in [0.25, 0.3) is 5.91 Å². The van der Waals surface area contributed by atoms with Gasteiger partial charge in [-0.2, -0.15) is 13.9 Å². The maximum absolute atomic E-state index is 12.2. The molecule has 19 heavy (non-hydrogen) atoms. The molecule has 0 aliphatic heterocycles. The topological polar surface area (TPSA) is 56.2 Å². The summed E-state index contributed by atoms with van der Waals surface area (Å²) in [6.45, 7) is -2.95. The normalized spacial score (nSPS) is 10.5. The first-order valence-corrected chi connectivity index (χ1v) is 5.40. The summed E-state index contributed by atoms with van der Waals surface area (Å²) in [5.74, 6) is -0.534. The number of carbonyl (C=O) groups is 1. The van der Waals surface area contributed by atoms with Crippen LogP contribution in [0.5, 0.6) is 5.75 Å². The highest BCUT2D eigenvalue weighted by Gasteiger charge is 2.13. The highest BCUT2D eigenvalue weighted by Crippen LogP contribution is 2.25. The number of aromatic nitrogens is 2. The van der Waals surface area contributed by atoms with Gasteiger partial charge in [0.15, 0.2) is 0 Å². The number of nitrogens with zero attached hydrogens (tertiary/aromatic N) is 2. The van der Waals surface area contributed by atoms with E-state index >= 15 is 0 Å². The fourth-order valence-electron chi connectivity index (χ4n) is 1.50. The van der Waals surface area contributed by atoms with E-state index in [1.807, 2.05) is 0 Å². The van der Waals surface area contributed by atoms with Crippen LogP contribution in [0.15, 0.2) is 36.7 Å². The van der Waals surface area contributed by atoms with Crippen LogP contribution >= 0.6 is 0 Å². The number of hydrogen-bond acceptors (Lipinski definition) is 3. The molecule has 1 heterocycles. The number of hydrogen-bond donors (Lipinski definition) is 1. The molecule has 7 heteroatoms. The first-order valence-electron chi connectivity index (χ1n) is 5.40. The number of para-hydroxylation sites is 2. The molecule has 0 bridgehead atoms. The summed E-state index contributed by atoms with van der Waals surface area (Å²) >= 11 is 0. The van der Waals surface area contributed by atoms with Gasteiger partial charge in [-0.3, -0.25) is 9.48 Å². The van der Waals surface area contributed by atoms with E-state index in [9.17, 15) is 13.6 Å². The van der Waals surface area contributed by atoms with Crippen LogP contribution in [0.25, 0.3) is 0 Å². The SMILES string of the molecule is Cn1cc(C(=O)Nc2ccccc2OC(F)F)cn1. The summed E-state index contributed by atoms with van der Waals surface area (Å²) in [5.41, 5.74) is 0.506. The number of nitrogens with one attached hydrogen (secondary N) is 1. The number of rotatable bonds is 4. The monoisotopic (exact) mass is 267 g/mol. The number of benzene rings is 1. The molecule has 2 aromatic rings. The number of halogens is 2. The molecule has 0 saturated carbocycles. The van der Waals surface area contributed by atoms with Crippen molar-refractivity contribution in [2.45, 2.75) is 6.61 Å². The number of amides is 1. The first kappa shape index (κ1) is 13.0. The lowest BCUT2D eigenvalue weighted by Gasteiger charge is -2.10. The number of ether oxygens (including phenoxy) is 1. The number of carbonyl (C=O) groups excluding carboxylic acids is 1. The van der Waals surface area contributed by atoms with Crippen LogP contribution in [0.3, 0.4) is 0 Å². The van der Waals surface area contributed by atoms with E-state index in [4.69, 9.17) is 0 Å². The van der Waals surface area contributed by atoms with Crippen LogP contribution in [-0.4, -0.2) is 22.3 Å². The molecule has 1 aromatic heterocycles. The second-order valence-electron chi connectivity index (χ2n) is 3.73. The summed E-state index contributed by atoms with van der Waals surface area (Å²) in [5, 5.41) is 6.35. The van der Waals surface area contributed by atoms with Crippen LogP contribution in [0, 0.1) is 0 Å². The molecule has 1 aromatic carbocycles. The molecule has 0 saturated heterocycles. The van der Waals surface area contributed by atoms with E-state index in [0.29, 0.717) is 5.56 Å². The molecule has 2 rings (SSSR count). The number of alkyl halides is 2. The Morgan fingerprint density at radius 3 is 2.79 bits per heavy atom. The largest absolute Gasteiger partial charge is 0.433 e.